The Bertz CT molecular complexity index is 469. The van der Waals surface area contributed by atoms with E-state index in [1.54, 1.807) is 17.1 Å². The Morgan fingerprint density at radius 3 is 2.94 bits per heavy atom. The molecule has 0 fully saturated rings. The van der Waals surface area contributed by atoms with Gasteiger partial charge in [-0.15, -0.1) is 0 Å². The number of ether oxygens (including phenoxy) is 1. The molecule has 2 aromatic heterocycles. The van der Waals surface area contributed by atoms with Crippen molar-refractivity contribution in [3.63, 3.8) is 0 Å². The number of nitrogens with zero attached hydrogens (tertiary/aromatic N) is 4. The summed E-state index contributed by atoms with van der Waals surface area (Å²) in [4.78, 5) is 7.95. The molecule has 0 radical (unpaired) electrons. The molecule has 0 aliphatic rings. The second kappa shape index (κ2) is 4.71. The molecular weight excluding hydrogens is 208 g/mol. The Morgan fingerprint density at radius 2 is 2.25 bits per heavy atom. The molecule has 0 aliphatic carbocycles. The molecule has 0 bridgehead atoms. The molecule has 16 heavy (non-hydrogen) atoms. The van der Waals surface area contributed by atoms with Crippen LogP contribution in [0.4, 0.5) is 0 Å². The average molecular weight is 220 g/mol. The lowest BCUT2D eigenvalue weighted by molar-refractivity contribution is 0.274. The van der Waals surface area contributed by atoms with Crippen LogP contribution in [-0.2, 0) is 13.2 Å². The fraction of sp³-hybridized carbons (Fsp3) is 0.300. The number of aliphatic hydroxyl groups excluding tert-OH is 1. The van der Waals surface area contributed by atoms with Crippen LogP contribution < -0.4 is 4.74 Å². The molecule has 0 spiro atoms. The highest BCUT2D eigenvalue weighted by Gasteiger charge is 2.03. The monoisotopic (exact) mass is 220 g/mol. The molecule has 6 nitrogen and oxygen atoms in total. The van der Waals surface area contributed by atoms with E-state index >= 15 is 0 Å². The third-order valence-electron chi connectivity index (χ3n) is 1.98. The summed E-state index contributed by atoms with van der Waals surface area (Å²) in [6, 6.07) is 0. The Labute approximate surface area is 92.5 Å². The lowest BCUT2D eigenvalue weighted by Crippen LogP contribution is -1.94. The van der Waals surface area contributed by atoms with Crippen molar-refractivity contribution in [3.8, 4) is 11.6 Å². The van der Waals surface area contributed by atoms with Crippen molar-refractivity contribution in [1.82, 2.24) is 19.7 Å². The minimum absolute atomic E-state index is 0.154. The highest BCUT2D eigenvalue weighted by molar-refractivity contribution is 5.20. The van der Waals surface area contributed by atoms with Crippen LogP contribution in [0.3, 0.4) is 0 Å². The van der Waals surface area contributed by atoms with Gasteiger partial charge in [-0.25, -0.2) is 4.98 Å². The fourth-order valence-electron chi connectivity index (χ4n) is 1.20. The lowest BCUT2D eigenvalue weighted by Gasteiger charge is -2.01. The maximum Gasteiger partial charge on any atom is 0.238 e. The topological polar surface area (TPSA) is 73.1 Å². The molecule has 1 N–H and O–H groups in total. The van der Waals surface area contributed by atoms with Gasteiger partial charge in [0.05, 0.1) is 37.1 Å². The number of rotatable bonds is 4. The molecule has 0 aromatic carbocycles. The van der Waals surface area contributed by atoms with Crippen molar-refractivity contribution in [3.05, 3.63) is 30.5 Å². The summed E-state index contributed by atoms with van der Waals surface area (Å²) >= 11 is 0. The van der Waals surface area contributed by atoms with E-state index in [2.05, 4.69) is 15.1 Å². The zero-order valence-electron chi connectivity index (χ0n) is 8.87. The molecule has 84 valence electrons. The second-order valence-corrected chi connectivity index (χ2v) is 3.14. The van der Waals surface area contributed by atoms with E-state index in [1.807, 2.05) is 6.92 Å². The van der Waals surface area contributed by atoms with Crippen LogP contribution in [0.15, 0.2) is 24.8 Å². The fourth-order valence-corrected chi connectivity index (χ4v) is 1.20. The first kappa shape index (κ1) is 10.6. The lowest BCUT2D eigenvalue weighted by atomic mass is 10.5. The summed E-state index contributed by atoms with van der Waals surface area (Å²) in [5, 5.41) is 13.0. The molecule has 0 amide bonds. The second-order valence-electron chi connectivity index (χ2n) is 3.14. The number of aromatic nitrogens is 4. The minimum Gasteiger partial charge on any atom is -0.434 e. The van der Waals surface area contributed by atoms with Gasteiger partial charge >= 0.3 is 0 Å². The van der Waals surface area contributed by atoms with Gasteiger partial charge in [0, 0.05) is 6.54 Å². The van der Waals surface area contributed by atoms with Gasteiger partial charge in [0.15, 0.2) is 5.75 Å². The first-order chi connectivity index (χ1) is 7.81. The predicted octanol–water partition coefficient (Wildman–Crippen LogP) is 0.978. The molecule has 0 unspecified atom stereocenters. The smallest absolute Gasteiger partial charge is 0.238 e. The summed E-state index contributed by atoms with van der Waals surface area (Å²) in [6.45, 7) is 2.62. The number of aryl methyl sites for hydroxylation is 1. The van der Waals surface area contributed by atoms with Crippen molar-refractivity contribution < 1.29 is 9.84 Å². The van der Waals surface area contributed by atoms with Crippen LogP contribution in [0.2, 0.25) is 0 Å². The maximum atomic E-state index is 8.90. The Balaban J connectivity index is 2.13. The van der Waals surface area contributed by atoms with Crippen molar-refractivity contribution in [2.75, 3.05) is 0 Å². The predicted molar refractivity (Wildman–Crippen MR) is 55.9 cm³/mol. The largest absolute Gasteiger partial charge is 0.434 e. The van der Waals surface area contributed by atoms with E-state index in [0.717, 1.165) is 6.54 Å². The third kappa shape index (κ3) is 2.34. The molecule has 6 heteroatoms. The molecule has 0 atom stereocenters. The molecule has 0 saturated heterocycles. The molecule has 2 rings (SSSR count). The van der Waals surface area contributed by atoms with E-state index in [9.17, 15) is 0 Å². The van der Waals surface area contributed by atoms with Crippen LogP contribution in [0.1, 0.15) is 12.6 Å². The summed E-state index contributed by atoms with van der Waals surface area (Å²) in [7, 11) is 0. The summed E-state index contributed by atoms with van der Waals surface area (Å²) in [6.07, 6.45) is 6.36. The van der Waals surface area contributed by atoms with Crippen LogP contribution in [0, 0.1) is 0 Å². The molecular formula is C10H12N4O2. The number of hydrogen-bond donors (Lipinski definition) is 1. The summed E-state index contributed by atoms with van der Waals surface area (Å²) < 4.78 is 7.18. The van der Waals surface area contributed by atoms with E-state index in [-0.39, 0.29) is 6.61 Å². The van der Waals surface area contributed by atoms with Gasteiger partial charge in [0.1, 0.15) is 0 Å². The van der Waals surface area contributed by atoms with E-state index in [1.165, 1.54) is 12.4 Å². The van der Waals surface area contributed by atoms with Crippen molar-refractivity contribution in [1.29, 1.82) is 0 Å². The summed E-state index contributed by atoms with van der Waals surface area (Å²) in [5.41, 5.74) is 0.473. The molecule has 0 saturated carbocycles. The number of aliphatic hydroxyl groups is 1. The summed E-state index contributed by atoms with van der Waals surface area (Å²) in [5.74, 6) is 0.952. The van der Waals surface area contributed by atoms with Gasteiger partial charge in [-0.3, -0.25) is 9.67 Å². The van der Waals surface area contributed by atoms with Crippen molar-refractivity contribution in [2.24, 2.45) is 0 Å². The highest BCUT2D eigenvalue weighted by Crippen LogP contribution is 2.17. The highest BCUT2D eigenvalue weighted by atomic mass is 16.5. The van der Waals surface area contributed by atoms with Crippen LogP contribution in [0.5, 0.6) is 11.6 Å². The van der Waals surface area contributed by atoms with Gasteiger partial charge in [0.2, 0.25) is 5.88 Å². The quantitative estimate of drug-likeness (QED) is 0.831. The van der Waals surface area contributed by atoms with Crippen molar-refractivity contribution in [2.45, 2.75) is 20.1 Å². The SMILES string of the molecule is CCn1cc(Oc2cncc(CO)n2)cn1. The van der Waals surface area contributed by atoms with Gasteiger partial charge in [-0.05, 0) is 6.92 Å². The zero-order chi connectivity index (χ0) is 11.4. The molecule has 2 aromatic rings. The van der Waals surface area contributed by atoms with E-state index in [4.69, 9.17) is 9.84 Å². The average Bonchev–Trinajstić information content (AvgIpc) is 2.77. The van der Waals surface area contributed by atoms with Crippen molar-refractivity contribution >= 4 is 0 Å². The Hall–Kier alpha value is -1.95. The van der Waals surface area contributed by atoms with Crippen LogP contribution in [0.25, 0.3) is 0 Å². The van der Waals surface area contributed by atoms with E-state index < -0.39 is 0 Å². The molecule has 0 aliphatic heterocycles. The normalized spacial score (nSPS) is 10.4. The Morgan fingerprint density at radius 1 is 1.38 bits per heavy atom. The van der Waals surface area contributed by atoms with Crippen LogP contribution in [-0.4, -0.2) is 24.9 Å². The van der Waals surface area contributed by atoms with E-state index in [0.29, 0.717) is 17.3 Å². The number of hydrogen-bond acceptors (Lipinski definition) is 5. The van der Waals surface area contributed by atoms with Gasteiger partial charge < -0.3 is 9.84 Å². The minimum atomic E-state index is -0.154. The van der Waals surface area contributed by atoms with Gasteiger partial charge in [-0.2, -0.15) is 5.10 Å². The standard InChI is InChI=1S/C10H12N4O2/c1-2-14-6-9(4-12-14)16-10-5-11-3-8(7-15)13-10/h3-6,15H,2,7H2,1H3. The van der Waals surface area contributed by atoms with Crippen LogP contribution >= 0.6 is 0 Å². The zero-order valence-corrected chi connectivity index (χ0v) is 8.87. The maximum absolute atomic E-state index is 8.90. The third-order valence-corrected chi connectivity index (χ3v) is 1.98. The molecule has 2 heterocycles. The Kier molecular flexibility index (Phi) is 3.11. The first-order valence-electron chi connectivity index (χ1n) is 4.94. The first-order valence-corrected chi connectivity index (χ1v) is 4.94. The van der Waals surface area contributed by atoms with Gasteiger partial charge in [-0.1, -0.05) is 0 Å². The van der Waals surface area contributed by atoms with Gasteiger partial charge in [0.25, 0.3) is 0 Å².